The van der Waals surface area contributed by atoms with Crippen LogP contribution in [0.1, 0.15) is 164 Å². The van der Waals surface area contributed by atoms with Crippen LogP contribution in [0, 0.1) is 59.2 Å². The summed E-state index contributed by atoms with van der Waals surface area (Å²) >= 11 is 0. The Morgan fingerprint density at radius 1 is 0.359 bits per heavy atom. The molecule has 22 heteroatoms. The fourth-order valence-electron chi connectivity index (χ4n) is 7.99. The van der Waals surface area contributed by atoms with Crippen LogP contribution in [-0.2, 0) is 86.0 Å². The first-order valence-corrected chi connectivity index (χ1v) is 27.4. The van der Waals surface area contributed by atoms with Crippen LogP contribution in [0.3, 0.4) is 0 Å². The minimum absolute atomic E-state index is 0.000437. The maximum Gasteiger partial charge on any atom is 0.329 e. The van der Waals surface area contributed by atoms with E-state index in [4.69, 9.17) is 28.4 Å². The molecule has 1 aliphatic heterocycles. The lowest BCUT2D eigenvalue weighted by atomic mass is 9.88. The van der Waals surface area contributed by atoms with Gasteiger partial charge in [0.1, 0.15) is 24.7 Å². The minimum Gasteiger partial charge on any atom is -0.453 e. The van der Waals surface area contributed by atoms with Gasteiger partial charge >= 0.3 is 35.8 Å². The second-order valence-electron chi connectivity index (χ2n) is 23.4. The Labute approximate surface area is 461 Å². The maximum absolute atomic E-state index is 14.0. The van der Waals surface area contributed by atoms with Gasteiger partial charge in [-0.3, -0.25) is 43.2 Å². The standard InChI is InChI=1S/C56H92N4O18/c1-26(2)20-41-40(62)24-38(30(9)10)52(68)74-35(18)48(64)57-25-44(63)76-42(21-27(3)4)50(66)59-45(31(11)12)54(70)73-34(17)39(61)23-37(29(7)8)53(69)78-43(22-28(5)6)51(67)60-46(32(13)14)55(71)75-36(19)49(65)58-47(33(15)16)56(72)77-41/h26-38,41-43,45-47H,20-25H2,1-19H3,(H,57,64)(H,58,65)(H,59,66)(H,60,67)/t34-,35-,36-,37-,38+,41+,42+,43+,45+,46+,47-/m0/s1. The van der Waals surface area contributed by atoms with E-state index in [1.54, 1.807) is 111 Å². The predicted octanol–water partition coefficient (Wildman–Crippen LogP) is 4.67. The van der Waals surface area contributed by atoms with Crippen LogP contribution in [0.5, 0.6) is 0 Å². The van der Waals surface area contributed by atoms with Crippen molar-refractivity contribution in [2.75, 3.05) is 6.54 Å². The minimum atomic E-state index is -1.53. The van der Waals surface area contributed by atoms with E-state index in [1.165, 1.54) is 20.8 Å². The largest absolute Gasteiger partial charge is 0.453 e. The molecule has 444 valence electrons. The molecule has 0 aliphatic carbocycles. The van der Waals surface area contributed by atoms with Gasteiger partial charge in [0, 0.05) is 12.8 Å². The van der Waals surface area contributed by atoms with Crippen molar-refractivity contribution in [2.45, 2.75) is 218 Å². The summed E-state index contributed by atoms with van der Waals surface area (Å²) in [5, 5.41) is 10.0. The lowest BCUT2D eigenvalue weighted by Gasteiger charge is -2.29. The summed E-state index contributed by atoms with van der Waals surface area (Å²) in [6.45, 7) is 29.9. The number of carbonyl (C=O) groups is 12. The van der Waals surface area contributed by atoms with E-state index >= 15 is 0 Å². The molecule has 0 unspecified atom stereocenters. The first-order chi connectivity index (χ1) is 36.0. The fourth-order valence-corrected chi connectivity index (χ4v) is 7.99. The molecule has 22 nitrogen and oxygen atoms in total. The van der Waals surface area contributed by atoms with Crippen molar-refractivity contribution in [1.82, 2.24) is 21.3 Å². The third-order valence-corrected chi connectivity index (χ3v) is 13.0. The summed E-state index contributed by atoms with van der Waals surface area (Å²) in [5.74, 6) is -16.6. The van der Waals surface area contributed by atoms with Crippen molar-refractivity contribution in [3.63, 3.8) is 0 Å². The second-order valence-corrected chi connectivity index (χ2v) is 23.4. The molecule has 1 saturated heterocycles. The number of rotatable bonds is 11. The molecule has 0 bridgehead atoms. The SMILES string of the molecule is CC(C)C[C@H]1OC(=O)[C@H](C(C)C)NC(=O)[C@H](C)OC(=O)[C@@H](C(C)C)NC(=O)[C@@H](CC(C)C)OC(=O)[C@H](C(C)C)CC(=O)[C@H](C)OC(=O)[C@@H](C(C)C)NC(=O)[C@@H](CC(C)C)OC(=O)CNC(=O)[C@H](C)OC(=O)[C@@H](C(C)C)CC1=O. The molecule has 0 spiro atoms. The normalized spacial score (nSPS) is 28.0. The highest BCUT2D eigenvalue weighted by atomic mass is 16.6. The number of hydrogen-bond acceptors (Lipinski definition) is 18. The highest BCUT2D eigenvalue weighted by Gasteiger charge is 2.40. The molecular formula is C56H92N4O18. The summed E-state index contributed by atoms with van der Waals surface area (Å²) in [6.07, 6.45) is -9.66. The first kappa shape index (κ1) is 70.1. The highest BCUT2D eigenvalue weighted by molar-refractivity contribution is 5.95. The molecule has 0 radical (unpaired) electrons. The van der Waals surface area contributed by atoms with E-state index in [-0.39, 0.29) is 37.0 Å². The first-order valence-electron chi connectivity index (χ1n) is 27.4. The van der Waals surface area contributed by atoms with Crippen molar-refractivity contribution in [3.8, 4) is 0 Å². The summed E-state index contributed by atoms with van der Waals surface area (Å²) < 4.78 is 33.6. The molecule has 4 N–H and O–H groups in total. The molecular weight excluding hydrogens is 1020 g/mol. The Bertz CT molecular complexity index is 2090. The van der Waals surface area contributed by atoms with E-state index in [0.29, 0.717) is 0 Å². The van der Waals surface area contributed by atoms with Crippen LogP contribution in [0.15, 0.2) is 0 Å². The van der Waals surface area contributed by atoms with Crippen molar-refractivity contribution in [2.24, 2.45) is 59.2 Å². The smallest absolute Gasteiger partial charge is 0.329 e. The van der Waals surface area contributed by atoms with Crippen molar-refractivity contribution in [1.29, 1.82) is 0 Å². The Morgan fingerprint density at radius 2 is 0.679 bits per heavy atom. The number of nitrogens with one attached hydrogen (secondary N) is 4. The van der Waals surface area contributed by atoms with Crippen LogP contribution < -0.4 is 21.3 Å². The predicted molar refractivity (Wildman–Crippen MR) is 284 cm³/mol. The fraction of sp³-hybridized carbons (Fsp3) is 0.786. The zero-order valence-corrected chi connectivity index (χ0v) is 49.6. The molecule has 0 saturated carbocycles. The van der Waals surface area contributed by atoms with E-state index in [1.807, 2.05) is 0 Å². The number of Topliss-reactive ketones (excluding diaryl/α,β-unsaturated/α-hetero) is 2. The number of amides is 4. The van der Waals surface area contributed by atoms with Crippen molar-refractivity contribution < 1.29 is 86.0 Å². The topological polar surface area (TPSA) is 308 Å². The van der Waals surface area contributed by atoms with Crippen LogP contribution in [0.4, 0.5) is 0 Å². The summed E-state index contributed by atoms with van der Waals surface area (Å²) in [6, 6.07) is -4.07. The van der Waals surface area contributed by atoms with Gasteiger partial charge in [0.25, 0.3) is 23.6 Å². The number of ketones is 2. The van der Waals surface area contributed by atoms with Gasteiger partial charge in [-0.1, -0.05) is 111 Å². The maximum atomic E-state index is 14.0. The van der Waals surface area contributed by atoms with Gasteiger partial charge in [-0.15, -0.1) is 0 Å². The van der Waals surface area contributed by atoms with Gasteiger partial charge in [0.05, 0.1) is 11.8 Å². The van der Waals surface area contributed by atoms with E-state index in [0.717, 1.165) is 0 Å². The zero-order chi connectivity index (χ0) is 60.2. The van der Waals surface area contributed by atoms with E-state index < -0.39 is 187 Å². The molecule has 0 aromatic rings. The number of cyclic esters (lactones) is 6. The molecule has 1 aliphatic rings. The van der Waals surface area contributed by atoms with Gasteiger partial charge < -0.3 is 49.7 Å². The van der Waals surface area contributed by atoms with Crippen LogP contribution in [-0.4, -0.2) is 132 Å². The molecule has 1 fully saturated rings. The van der Waals surface area contributed by atoms with Crippen LogP contribution >= 0.6 is 0 Å². The number of hydrogen-bond donors (Lipinski definition) is 4. The number of carbonyl (C=O) groups excluding carboxylic acids is 12. The summed E-state index contributed by atoms with van der Waals surface area (Å²) in [5.41, 5.74) is 0. The van der Waals surface area contributed by atoms with Crippen LogP contribution in [0.25, 0.3) is 0 Å². The number of esters is 6. The molecule has 1 rings (SSSR count). The summed E-state index contributed by atoms with van der Waals surface area (Å²) in [4.78, 5) is 164. The van der Waals surface area contributed by atoms with Gasteiger partial charge in [0.15, 0.2) is 48.2 Å². The van der Waals surface area contributed by atoms with Crippen molar-refractivity contribution in [3.05, 3.63) is 0 Å². The summed E-state index contributed by atoms with van der Waals surface area (Å²) in [7, 11) is 0. The monoisotopic (exact) mass is 1110 g/mol. The van der Waals surface area contributed by atoms with E-state index in [9.17, 15) is 57.5 Å². The third kappa shape index (κ3) is 23.6. The Morgan fingerprint density at radius 3 is 1.09 bits per heavy atom. The lowest BCUT2D eigenvalue weighted by molar-refractivity contribution is -0.166. The van der Waals surface area contributed by atoms with Gasteiger partial charge in [-0.25, -0.2) is 14.4 Å². The molecule has 4 amide bonds. The average molecular weight is 1110 g/mol. The van der Waals surface area contributed by atoms with Gasteiger partial charge in [-0.2, -0.15) is 0 Å². The quantitative estimate of drug-likeness (QED) is 0.161. The number of ether oxygens (including phenoxy) is 6. The molecule has 11 atom stereocenters. The van der Waals surface area contributed by atoms with Crippen LogP contribution in [0.2, 0.25) is 0 Å². The molecule has 78 heavy (non-hydrogen) atoms. The Kier molecular flexibility index (Phi) is 29.5. The molecule has 0 aromatic carbocycles. The highest BCUT2D eigenvalue weighted by Crippen LogP contribution is 2.25. The van der Waals surface area contributed by atoms with Crippen molar-refractivity contribution >= 4 is 71.0 Å². The Balaban J connectivity index is 3.82. The van der Waals surface area contributed by atoms with E-state index in [2.05, 4.69) is 21.3 Å². The second kappa shape index (κ2) is 32.8. The zero-order valence-electron chi connectivity index (χ0n) is 49.6. The third-order valence-electron chi connectivity index (χ3n) is 13.0. The van der Waals surface area contributed by atoms with Gasteiger partial charge in [0.2, 0.25) is 0 Å². The molecule has 1 heterocycles. The Hall–Kier alpha value is -5.96. The lowest BCUT2D eigenvalue weighted by Crippen LogP contribution is -2.53. The average Bonchev–Trinajstić information content (AvgIpc) is 3.31. The van der Waals surface area contributed by atoms with Gasteiger partial charge in [-0.05, 0) is 87.4 Å². The molecule has 0 aromatic heterocycles.